The standard InChI is InChI=1S/C28H23ClN2O3.C25H19ClN2O3.2CO2/c1-17-26(30-28(32)33-18(2)24-5-3-4-6-25(24)29)27(34-31-17)23-14-13-21-15-20(10-9-19-7-8-19)11-12-22(21)16-23;1-4-17-9-10-19-14-20(12-11-18(19)13-17)24-23(15(2)28-31-24)27-25(29)30-16(3)21-7-5-6-8-22(21)26;2*2-1-3/h3-6,11-16,18-19H,7-8H2,1-2H3,(H,30,32);1,5-14,16H,2-3H3,(H,27,29);;/t18-;16-;;/m11../s1. The largest absolute Gasteiger partial charge is 0.441 e. The Bertz CT molecular complexity index is 3390. The van der Waals surface area contributed by atoms with Gasteiger partial charge in [-0.15, -0.1) is 6.42 Å². The number of aryl methyl sites for hydroxylation is 2. The highest BCUT2D eigenvalue weighted by atomic mass is 35.5. The number of hydrogen-bond acceptors (Lipinski definition) is 12. The van der Waals surface area contributed by atoms with Crippen LogP contribution in [0.15, 0.2) is 130 Å². The number of carbonyl (C=O) groups excluding carboxylic acids is 6. The maximum atomic E-state index is 12.6. The predicted molar refractivity (Wildman–Crippen MR) is 266 cm³/mol. The zero-order valence-electron chi connectivity index (χ0n) is 38.5. The number of aromatic nitrogens is 2. The van der Waals surface area contributed by atoms with Crippen molar-refractivity contribution in [2.45, 2.75) is 52.7 Å². The molecule has 1 aliphatic rings. The Morgan fingerprint density at radius 3 is 1.44 bits per heavy atom. The smallest absolute Gasteiger partial charge is 0.412 e. The number of anilines is 2. The highest BCUT2D eigenvalue weighted by Crippen LogP contribution is 2.36. The first-order chi connectivity index (χ1) is 34.3. The van der Waals surface area contributed by atoms with Crippen molar-refractivity contribution in [2.75, 3.05) is 10.6 Å². The van der Waals surface area contributed by atoms with E-state index in [-0.39, 0.29) is 12.3 Å². The number of hydrogen-bond donors (Lipinski definition) is 2. The summed E-state index contributed by atoms with van der Waals surface area (Å²) < 4.78 is 22.1. The maximum Gasteiger partial charge on any atom is 0.412 e. The Kier molecular flexibility index (Phi) is 17.8. The third-order valence-corrected chi connectivity index (χ3v) is 11.5. The van der Waals surface area contributed by atoms with Gasteiger partial charge in [0, 0.05) is 49.3 Å². The number of carbonyl (C=O) groups is 2. The van der Waals surface area contributed by atoms with Gasteiger partial charge in [-0.1, -0.05) is 124 Å². The number of nitrogens with one attached hydrogen (secondary N) is 2. The van der Waals surface area contributed by atoms with Crippen molar-refractivity contribution < 1.29 is 47.3 Å². The average Bonchev–Trinajstić information content (AvgIpc) is 4.04. The number of benzene rings is 6. The summed E-state index contributed by atoms with van der Waals surface area (Å²) in [5.41, 5.74) is 6.89. The van der Waals surface area contributed by atoms with Crippen LogP contribution in [0, 0.1) is 44.0 Å². The van der Waals surface area contributed by atoms with Crippen molar-refractivity contribution >= 4 is 80.6 Å². The zero-order chi connectivity index (χ0) is 51.0. The number of halogens is 2. The first-order valence-electron chi connectivity index (χ1n) is 21.7. The summed E-state index contributed by atoms with van der Waals surface area (Å²) in [6.07, 6.45) is 6.12. The van der Waals surface area contributed by atoms with Crippen LogP contribution in [0.5, 0.6) is 0 Å². The van der Waals surface area contributed by atoms with E-state index in [2.05, 4.69) is 44.8 Å². The summed E-state index contributed by atoms with van der Waals surface area (Å²) in [5, 5.41) is 18.8. The van der Waals surface area contributed by atoms with Gasteiger partial charge in [-0.25, -0.2) is 9.59 Å². The number of rotatable bonds is 8. The summed E-state index contributed by atoms with van der Waals surface area (Å²) in [6, 6.07) is 38.2. The SMILES string of the molecule is C#Cc1ccc2cc(-c3onc(C)c3NC(=O)O[C@H](C)c3ccccc3Cl)ccc2c1.Cc1noc(-c2ccc3cc(C#CC4CC4)ccc3c2)c1NC(=O)O[C@H](C)c1ccccc1Cl.O=C=O.O=C=O. The van der Waals surface area contributed by atoms with Crippen molar-refractivity contribution in [3.63, 3.8) is 0 Å². The molecule has 8 aromatic rings. The molecule has 0 aliphatic heterocycles. The fourth-order valence-corrected chi connectivity index (χ4v) is 7.68. The molecular weight excluding hydrogens is 948 g/mol. The van der Waals surface area contributed by atoms with Gasteiger partial charge in [0.15, 0.2) is 11.5 Å². The number of nitrogens with zero attached hydrogens (tertiary/aromatic N) is 2. The van der Waals surface area contributed by atoms with Gasteiger partial charge in [0.2, 0.25) is 0 Å². The summed E-state index contributed by atoms with van der Waals surface area (Å²) in [7, 11) is 0. The van der Waals surface area contributed by atoms with E-state index in [0.717, 1.165) is 54.9 Å². The highest BCUT2D eigenvalue weighted by molar-refractivity contribution is 6.31. The maximum absolute atomic E-state index is 12.6. The van der Waals surface area contributed by atoms with E-state index < -0.39 is 24.4 Å². The molecule has 6 aromatic carbocycles. The minimum atomic E-state index is -0.626. The van der Waals surface area contributed by atoms with Gasteiger partial charge in [0.25, 0.3) is 0 Å². The van der Waals surface area contributed by atoms with Crippen LogP contribution in [-0.2, 0) is 28.7 Å². The van der Waals surface area contributed by atoms with Crippen LogP contribution < -0.4 is 10.6 Å². The van der Waals surface area contributed by atoms with Gasteiger partial charge >= 0.3 is 24.5 Å². The minimum absolute atomic E-state index is 0.250. The number of terminal acetylenes is 1. The molecule has 0 unspecified atom stereocenters. The topological polar surface area (TPSA) is 197 Å². The quantitative estimate of drug-likeness (QED) is 0.137. The molecule has 14 nitrogen and oxygen atoms in total. The highest BCUT2D eigenvalue weighted by Gasteiger charge is 2.23. The fraction of sp³-hybridized carbons (Fsp3) is 0.164. The number of fused-ring (bicyclic) bond motifs is 2. The molecule has 1 fully saturated rings. The van der Waals surface area contributed by atoms with Crippen molar-refractivity contribution in [1.82, 2.24) is 10.3 Å². The van der Waals surface area contributed by atoms with E-state index in [9.17, 15) is 9.59 Å². The Morgan fingerprint density at radius 1 is 0.620 bits per heavy atom. The molecule has 356 valence electrons. The molecule has 2 amide bonds. The molecule has 71 heavy (non-hydrogen) atoms. The second-order valence-electron chi connectivity index (χ2n) is 15.7. The van der Waals surface area contributed by atoms with E-state index in [1.54, 1.807) is 39.8 Å². The number of amides is 2. The lowest BCUT2D eigenvalue weighted by Gasteiger charge is -2.15. The molecule has 9 rings (SSSR count). The molecule has 2 N–H and O–H groups in total. The molecule has 0 bridgehead atoms. The van der Waals surface area contributed by atoms with Gasteiger partial charge in [0.05, 0.1) is 0 Å². The van der Waals surface area contributed by atoms with Gasteiger partial charge in [-0.05, 0) is 111 Å². The van der Waals surface area contributed by atoms with Crippen molar-refractivity contribution in [1.29, 1.82) is 0 Å². The van der Waals surface area contributed by atoms with E-state index in [1.165, 1.54) is 12.8 Å². The van der Waals surface area contributed by atoms with Crippen LogP contribution in [0.2, 0.25) is 10.0 Å². The van der Waals surface area contributed by atoms with Crippen LogP contribution in [0.1, 0.15) is 72.5 Å². The molecule has 1 aliphatic carbocycles. The summed E-state index contributed by atoms with van der Waals surface area (Å²) in [4.78, 5) is 57.7. The Morgan fingerprint density at radius 2 is 1.01 bits per heavy atom. The molecule has 0 saturated heterocycles. The Labute approximate surface area is 417 Å². The summed E-state index contributed by atoms with van der Waals surface area (Å²) in [5.74, 6) is 10.7. The molecule has 2 atom stereocenters. The molecule has 1 saturated carbocycles. The first kappa shape index (κ1) is 51.6. The normalized spacial score (nSPS) is 11.9. The second kappa shape index (κ2) is 24.5. The van der Waals surface area contributed by atoms with Crippen molar-refractivity contribution in [3.8, 4) is 46.8 Å². The average molecular weight is 990 g/mol. The van der Waals surface area contributed by atoms with E-state index in [0.29, 0.717) is 50.2 Å². The molecular formula is C55H42Cl2N4O10. The monoisotopic (exact) mass is 988 g/mol. The van der Waals surface area contributed by atoms with Gasteiger partial charge in [-0.3, -0.25) is 10.6 Å². The fourth-order valence-electron chi connectivity index (χ4n) is 7.10. The summed E-state index contributed by atoms with van der Waals surface area (Å²) >= 11 is 12.4. The zero-order valence-corrected chi connectivity index (χ0v) is 40.0. The molecule has 0 spiro atoms. The Hall–Kier alpha value is -8.74. The third-order valence-electron chi connectivity index (χ3n) is 10.8. The Balaban J connectivity index is 0.000000210. The van der Waals surface area contributed by atoms with Crippen LogP contribution in [0.3, 0.4) is 0 Å². The predicted octanol–water partition coefficient (Wildman–Crippen LogP) is 13.1. The third kappa shape index (κ3) is 13.7. The van der Waals surface area contributed by atoms with Crippen molar-refractivity contribution in [2.24, 2.45) is 5.92 Å². The van der Waals surface area contributed by atoms with Crippen LogP contribution in [0.4, 0.5) is 21.0 Å². The lowest BCUT2D eigenvalue weighted by molar-refractivity contribution is -0.193. The summed E-state index contributed by atoms with van der Waals surface area (Å²) in [6.45, 7) is 7.05. The van der Waals surface area contributed by atoms with E-state index in [4.69, 9.17) is 67.3 Å². The molecule has 0 radical (unpaired) electrons. The van der Waals surface area contributed by atoms with Gasteiger partial charge < -0.3 is 18.5 Å². The first-order valence-corrected chi connectivity index (χ1v) is 22.4. The minimum Gasteiger partial charge on any atom is -0.441 e. The lowest BCUT2D eigenvalue weighted by atomic mass is 10.0. The van der Waals surface area contributed by atoms with E-state index in [1.807, 2.05) is 103 Å². The second-order valence-corrected chi connectivity index (χ2v) is 16.6. The van der Waals surface area contributed by atoms with Crippen molar-refractivity contribution in [3.05, 3.63) is 165 Å². The molecule has 16 heteroatoms. The lowest BCUT2D eigenvalue weighted by Crippen LogP contribution is -2.17. The van der Waals surface area contributed by atoms with Gasteiger partial charge in [0.1, 0.15) is 35.0 Å². The van der Waals surface area contributed by atoms with Gasteiger partial charge in [-0.2, -0.15) is 19.2 Å². The number of ether oxygens (including phenoxy) is 2. The van der Waals surface area contributed by atoms with Crippen LogP contribution in [-0.4, -0.2) is 34.8 Å². The van der Waals surface area contributed by atoms with Crippen LogP contribution >= 0.6 is 23.2 Å². The molecule has 2 aromatic heterocycles. The van der Waals surface area contributed by atoms with E-state index >= 15 is 0 Å². The van der Waals surface area contributed by atoms with Crippen LogP contribution in [0.25, 0.3) is 44.2 Å². The molecule has 2 heterocycles.